The fraction of sp³-hybridized carbons (Fsp3) is 0.241. The second-order valence-electron chi connectivity index (χ2n) is 9.19. The van der Waals surface area contributed by atoms with E-state index in [1.54, 1.807) is 48.5 Å². The van der Waals surface area contributed by atoms with Gasteiger partial charge in [-0.2, -0.15) is 0 Å². The smallest absolute Gasteiger partial charge is 0.305 e. The molecule has 3 N–H and O–H groups in total. The number of carbonyl (C=O) groups excluding carboxylic acids is 1. The monoisotopic (exact) mass is 522 g/mol. The van der Waals surface area contributed by atoms with Crippen molar-refractivity contribution in [3.63, 3.8) is 0 Å². The Bertz CT molecular complexity index is 1380. The molecule has 1 atom stereocenters. The normalized spacial score (nSPS) is 11.9. The third-order valence-electron chi connectivity index (χ3n) is 6.05. The molecule has 0 aliphatic rings. The summed E-state index contributed by atoms with van der Waals surface area (Å²) in [6.45, 7) is 4.15. The highest BCUT2D eigenvalue weighted by Gasteiger charge is 2.20. The van der Waals surface area contributed by atoms with Gasteiger partial charge in [0.05, 0.1) is 18.0 Å². The number of amides is 1. The van der Waals surface area contributed by atoms with E-state index in [1.807, 2.05) is 19.9 Å². The van der Waals surface area contributed by atoms with Gasteiger partial charge in [0.15, 0.2) is 0 Å². The van der Waals surface area contributed by atoms with Crippen LogP contribution in [0.1, 0.15) is 30.6 Å². The second-order valence-corrected chi connectivity index (χ2v) is 9.19. The van der Waals surface area contributed by atoms with E-state index in [2.05, 4.69) is 10.6 Å². The predicted octanol–water partition coefficient (Wildman–Crippen LogP) is 6.10. The summed E-state index contributed by atoms with van der Waals surface area (Å²) in [6, 6.07) is 17.5. The van der Waals surface area contributed by atoms with Gasteiger partial charge in [0.1, 0.15) is 35.3 Å². The molecule has 0 unspecified atom stereocenters. The molecule has 7 nitrogen and oxygen atoms in total. The molecule has 9 heteroatoms. The summed E-state index contributed by atoms with van der Waals surface area (Å²) >= 11 is 0. The first-order valence-corrected chi connectivity index (χ1v) is 12.2. The zero-order chi connectivity index (χ0) is 27.2. The molecule has 38 heavy (non-hydrogen) atoms. The fourth-order valence-corrected chi connectivity index (χ4v) is 3.88. The number of carboxylic acid groups (broad SMARTS) is 1. The highest BCUT2D eigenvalue weighted by Crippen LogP contribution is 2.34. The molecular formula is C29H28F2N2O5. The van der Waals surface area contributed by atoms with Gasteiger partial charge < -0.3 is 24.9 Å². The van der Waals surface area contributed by atoms with Gasteiger partial charge in [-0.05, 0) is 42.3 Å². The number of ether oxygens (including phenoxy) is 1. The van der Waals surface area contributed by atoms with Crippen molar-refractivity contribution in [3.8, 4) is 17.1 Å². The van der Waals surface area contributed by atoms with Gasteiger partial charge in [0.25, 0.3) is 5.91 Å². The van der Waals surface area contributed by atoms with Gasteiger partial charge >= 0.3 is 5.97 Å². The fourth-order valence-electron chi connectivity index (χ4n) is 3.88. The summed E-state index contributed by atoms with van der Waals surface area (Å²) in [4.78, 5) is 22.7. The maximum Gasteiger partial charge on any atom is 0.305 e. The first kappa shape index (κ1) is 26.7. The minimum atomic E-state index is -0.987. The average molecular weight is 523 g/mol. The molecule has 0 aliphatic carbocycles. The summed E-state index contributed by atoms with van der Waals surface area (Å²) in [6.07, 6.45) is -0.155. The largest absolute Gasteiger partial charge is 0.491 e. The maximum atomic E-state index is 14.9. The van der Waals surface area contributed by atoms with Gasteiger partial charge in [0.2, 0.25) is 0 Å². The second kappa shape index (κ2) is 11.8. The highest BCUT2D eigenvalue weighted by molar-refractivity contribution is 5.94. The lowest BCUT2D eigenvalue weighted by Crippen LogP contribution is -2.32. The lowest BCUT2D eigenvalue weighted by Gasteiger charge is -2.24. The number of carboxylic acids is 1. The van der Waals surface area contributed by atoms with Crippen LogP contribution in [0.2, 0.25) is 0 Å². The number of fused-ring (bicyclic) bond motifs is 1. The van der Waals surface area contributed by atoms with Crippen molar-refractivity contribution in [3.05, 3.63) is 83.9 Å². The first-order chi connectivity index (χ1) is 18.2. The van der Waals surface area contributed by atoms with Crippen LogP contribution in [0, 0.1) is 17.6 Å². The Morgan fingerprint density at radius 3 is 2.32 bits per heavy atom. The van der Waals surface area contributed by atoms with Crippen molar-refractivity contribution in [1.82, 2.24) is 5.32 Å². The Morgan fingerprint density at radius 1 is 1.00 bits per heavy atom. The predicted molar refractivity (Wildman–Crippen MR) is 140 cm³/mol. The van der Waals surface area contributed by atoms with Crippen LogP contribution in [0.4, 0.5) is 14.5 Å². The van der Waals surface area contributed by atoms with Crippen LogP contribution in [0.5, 0.6) is 5.75 Å². The summed E-state index contributed by atoms with van der Waals surface area (Å²) in [5, 5.41) is 15.3. The lowest BCUT2D eigenvalue weighted by atomic mass is 10.0. The molecule has 198 valence electrons. The van der Waals surface area contributed by atoms with Crippen LogP contribution in [0.3, 0.4) is 0 Å². The van der Waals surface area contributed by atoms with Crippen molar-refractivity contribution < 1.29 is 32.6 Å². The van der Waals surface area contributed by atoms with Gasteiger partial charge in [-0.25, -0.2) is 8.78 Å². The highest BCUT2D eigenvalue weighted by atomic mass is 19.1. The number of rotatable bonds is 11. The SMILES string of the molecule is CC(C)[C@@H](COc1cc(F)c(-c2cc3ccccc3o2)c(F)c1)Nc1ccc(C(=O)NCCC(=O)O)cc1. The van der Waals surface area contributed by atoms with E-state index in [4.69, 9.17) is 14.3 Å². The third-order valence-corrected chi connectivity index (χ3v) is 6.05. The molecule has 3 aromatic carbocycles. The molecule has 0 bridgehead atoms. The molecular weight excluding hydrogens is 494 g/mol. The molecule has 1 aromatic heterocycles. The Morgan fingerprint density at radius 2 is 1.68 bits per heavy atom. The topological polar surface area (TPSA) is 101 Å². The molecule has 4 aromatic rings. The average Bonchev–Trinajstić information content (AvgIpc) is 3.29. The van der Waals surface area contributed by atoms with E-state index < -0.39 is 17.6 Å². The number of hydrogen-bond donors (Lipinski definition) is 3. The summed E-state index contributed by atoms with van der Waals surface area (Å²) in [5.41, 5.74) is 1.42. The molecule has 0 fully saturated rings. The number of furan rings is 1. The molecule has 0 saturated heterocycles. The number of benzene rings is 3. The van der Waals surface area contributed by atoms with Crippen LogP contribution >= 0.6 is 0 Å². The Balaban J connectivity index is 1.40. The van der Waals surface area contributed by atoms with E-state index in [9.17, 15) is 18.4 Å². The third kappa shape index (κ3) is 6.47. The number of aliphatic carboxylic acids is 1. The number of para-hydroxylation sites is 1. The first-order valence-electron chi connectivity index (χ1n) is 12.2. The van der Waals surface area contributed by atoms with Crippen LogP contribution in [-0.2, 0) is 4.79 Å². The Hall–Kier alpha value is -4.40. The van der Waals surface area contributed by atoms with Gasteiger partial charge in [0, 0.05) is 35.3 Å². The minimum absolute atomic E-state index is 0.0430. The van der Waals surface area contributed by atoms with Crippen molar-refractivity contribution in [2.24, 2.45) is 5.92 Å². The van der Waals surface area contributed by atoms with Crippen LogP contribution in [-0.4, -0.2) is 36.2 Å². The van der Waals surface area contributed by atoms with Crippen molar-refractivity contribution in [2.75, 3.05) is 18.5 Å². The van der Waals surface area contributed by atoms with Crippen LogP contribution in [0.15, 0.2) is 71.1 Å². The molecule has 0 aliphatic heterocycles. The summed E-state index contributed by atoms with van der Waals surface area (Å²) in [7, 11) is 0. The standard InChI is InChI=1S/C29H28F2N2O5/c1-17(2)24(33-20-9-7-18(8-10-20)29(36)32-12-11-27(34)35)16-37-21-14-22(30)28(23(31)15-21)26-13-19-5-3-4-6-25(19)38-26/h3-10,13-15,17,24,33H,11-12,16H2,1-2H3,(H,32,36)(H,34,35)/t24-/m1/s1. The number of anilines is 1. The van der Waals surface area contributed by atoms with E-state index >= 15 is 0 Å². The molecule has 1 amide bonds. The number of nitrogens with one attached hydrogen (secondary N) is 2. The molecule has 0 radical (unpaired) electrons. The minimum Gasteiger partial charge on any atom is -0.491 e. The quantitative estimate of drug-likeness (QED) is 0.220. The summed E-state index contributed by atoms with van der Waals surface area (Å²) in [5.74, 6) is -2.65. The van der Waals surface area contributed by atoms with E-state index in [-0.39, 0.29) is 54.5 Å². The zero-order valence-electron chi connectivity index (χ0n) is 21.0. The van der Waals surface area contributed by atoms with Crippen molar-refractivity contribution in [1.29, 1.82) is 0 Å². The van der Waals surface area contributed by atoms with Gasteiger partial charge in [-0.15, -0.1) is 0 Å². The number of carbonyl (C=O) groups is 2. The van der Waals surface area contributed by atoms with Crippen molar-refractivity contribution in [2.45, 2.75) is 26.3 Å². The number of halogens is 2. The molecule has 1 heterocycles. The van der Waals surface area contributed by atoms with Crippen LogP contribution < -0.4 is 15.4 Å². The number of hydrogen-bond acceptors (Lipinski definition) is 5. The van der Waals surface area contributed by atoms with E-state index in [1.165, 1.54) is 0 Å². The maximum absolute atomic E-state index is 14.9. The van der Waals surface area contributed by atoms with Crippen molar-refractivity contribution >= 4 is 28.5 Å². The van der Waals surface area contributed by atoms with Crippen LogP contribution in [0.25, 0.3) is 22.3 Å². The Labute approximate surface area is 218 Å². The summed E-state index contributed by atoms with van der Waals surface area (Å²) < 4.78 is 41.2. The van der Waals surface area contributed by atoms with E-state index in [0.717, 1.165) is 23.2 Å². The van der Waals surface area contributed by atoms with Gasteiger partial charge in [-0.3, -0.25) is 9.59 Å². The van der Waals surface area contributed by atoms with E-state index in [0.29, 0.717) is 11.1 Å². The van der Waals surface area contributed by atoms with Gasteiger partial charge in [-0.1, -0.05) is 32.0 Å². The molecule has 4 rings (SSSR count). The lowest BCUT2D eigenvalue weighted by molar-refractivity contribution is -0.136. The Kier molecular flexibility index (Phi) is 8.25. The molecule has 0 spiro atoms. The zero-order valence-corrected chi connectivity index (χ0v) is 21.0. The molecule has 0 saturated carbocycles.